The molecule has 154 valence electrons. The van der Waals surface area contributed by atoms with Crippen LogP contribution >= 0.6 is 0 Å². The maximum atomic E-state index is 9.97. The zero-order valence-corrected chi connectivity index (χ0v) is 16.5. The van der Waals surface area contributed by atoms with E-state index in [-0.39, 0.29) is 13.2 Å². The first-order valence-electron chi connectivity index (χ1n) is 10.6. The summed E-state index contributed by atoms with van der Waals surface area (Å²) in [5.74, 6) is 0. The van der Waals surface area contributed by atoms with Gasteiger partial charge in [-0.25, -0.2) is 0 Å². The van der Waals surface area contributed by atoms with Crippen molar-refractivity contribution in [3.8, 4) is 0 Å². The number of ether oxygens (including phenoxy) is 2. The average Bonchev–Trinajstić information content (AvgIpc) is 2.65. The molecule has 0 aliphatic carbocycles. The van der Waals surface area contributed by atoms with Gasteiger partial charge in [-0.15, -0.1) is 0 Å². The van der Waals surface area contributed by atoms with Crippen LogP contribution < -0.4 is 0 Å². The average molecular weight is 373 g/mol. The summed E-state index contributed by atoms with van der Waals surface area (Å²) in [5, 5.41) is 28.8. The van der Waals surface area contributed by atoms with Crippen molar-refractivity contribution in [1.82, 2.24) is 0 Å². The number of aliphatic hydroxyl groups is 3. The van der Waals surface area contributed by atoms with Crippen molar-refractivity contribution in [3.05, 3.63) is 12.2 Å². The van der Waals surface area contributed by atoms with Gasteiger partial charge in [0.1, 0.15) is 24.4 Å². The minimum atomic E-state index is -1.09. The van der Waals surface area contributed by atoms with E-state index in [1.807, 2.05) is 0 Å². The third kappa shape index (κ3) is 10.0. The minimum Gasteiger partial charge on any atom is -0.394 e. The lowest BCUT2D eigenvalue weighted by Crippen LogP contribution is -2.55. The highest BCUT2D eigenvalue weighted by Gasteiger charge is 2.38. The molecule has 0 aromatic heterocycles. The molecular formula is C21H40O5. The fourth-order valence-electron chi connectivity index (χ4n) is 3.22. The van der Waals surface area contributed by atoms with Crippen LogP contribution in [0.4, 0.5) is 0 Å². The molecule has 1 heterocycles. The molecule has 0 bridgehead atoms. The Hall–Kier alpha value is -0.460. The van der Waals surface area contributed by atoms with Crippen molar-refractivity contribution in [2.75, 3.05) is 19.8 Å². The van der Waals surface area contributed by atoms with Gasteiger partial charge in [-0.1, -0.05) is 57.6 Å². The SMILES string of the molecule is CCCCCCC/C=C/CCCCCCO[C@H]1CO[C@H](CO)[C@@H](O)[C@@H]1O. The van der Waals surface area contributed by atoms with Gasteiger partial charge in [0, 0.05) is 6.61 Å². The third-order valence-corrected chi connectivity index (χ3v) is 5.00. The Morgan fingerprint density at radius 3 is 2.12 bits per heavy atom. The van der Waals surface area contributed by atoms with Crippen molar-refractivity contribution in [2.45, 2.75) is 102 Å². The fourth-order valence-corrected chi connectivity index (χ4v) is 3.22. The lowest BCUT2D eigenvalue weighted by Gasteiger charge is -2.36. The summed E-state index contributed by atoms with van der Waals surface area (Å²) in [7, 11) is 0. The van der Waals surface area contributed by atoms with Gasteiger partial charge in [-0.3, -0.25) is 0 Å². The molecule has 0 aromatic carbocycles. The number of unbranched alkanes of at least 4 members (excludes halogenated alkanes) is 9. The first kappa shape index (κ1) is 23.6. The van der Waals surface area contributed by atoms with Crippen LogP contribution in [0.2, 0.25) is 0 Å². The molecule has 1 aliphatic heterocycles. The lowest BCUT2D eigenvalue weighted by molar-refractivity contribution is -0.208. The number of hydrogen-bond donors (Lipinski definition) is 3. The maximum absolute atomic E-state index is 9.97. The van der Waals surface area contributed by atoms with Crippen LogP contribution in [0.25, 0.3) is 0 Å². The number of rotatable bonds is 15. The summed E-state index contributed by atoms with van der Waals surface area (Å²) < 4.78 is 10.9. The van der Waals surface area contributed by atoms with Crippen LogP contribution in [0.3, 0.4) is 0 Å². The van der Waals surface area contributed by atoms with Gasteiger partial charge in [0.15, 0.2) is 0 Å². The highest BCUT2D eigenvalue weighted by molar-refractivity contribution is 4.87. The van der Waals surface area contributed by atoms with E-state index in [0.29, 0.717) is 6.61 Å². The molecule has 5 nitrogen and oxygen atoms in total. The monoisotopic (exact) mass is 372 g/mol. The van der Waals surface area contributed by atoms with Crippen LogP contribution in [0.15, 0.2) is 12.2 Å². The zero-order chi connectivity index (χ0) is 19.0. The topological polar surface area (TPSA) is 79.2 Å². The Balaban J connectivity index is 1.90. The molecular weight excluding hydrogens is 332 g/mol. The number of aliphatic hydroxyl groups excluding tert-OH is 3. The third-order valence-electron chi connectivity index (χ3n) is 5.00. The van der Waals surface area contributed by atoms with Crippen LogP contribution in [0.1, 0.15) is 77.6 Å². The minimum absolute atomic E-state index is 0.215. The van der Waals surface area contributed by atoms with Crippen molar-refractivity contribution in [1.29, 1.82) is 0 Å². The summed E-state index contributed by atoms with van der Waals surface area (Å²) in [6, 6.07) is 0. The Bertz CT molecular complexity index is 347. The maximum Gasteiger partial charge on any atom is 0.111 e. The van der Waals surface area contributed by atoms with Gasteiger partial charge in [-0.2, -0.15) is 0 Å². The molecule has 0 aromatic rings. The van der Waals surface area contributed by atoms with E-state index in [2.05, 4.69) is 19.1 Å². The molecule has 1 rings (SSSR count). The van der Waals surface area contributed by atoms with E-state index >= 15 is 0 Å². The molecule has 1 aliphatic rings. The van der Waals surface area contributed by atoms with Crippen molar-refractivity contribution >= 4 is 0 Å². The van der Waals surface area contributed by atoms with Crippen LogP contribution in [0, 0.1) is 0 Å². The number of hydrogen-bond acceptors (Lipinski definition) is 5. The van der Waals surface area contributed by atoms with Crippen LogP contribution in [0.5, 0.6) is 0 Å². The summed E-state index contributed by atoms with van der Waals surface area (Å²) >= 11 is 0. The van der Waals surface area contributed by atoms with E-state index in [1.165, 1.54) is 51.4 Å². The Labute approximate surface area is 159 Å². The molecule has 26 heavy (non-hydrogen) atoms. The Morgan fingerprint density at radius 1 is 0.885 bits per heavy atom. The highest BCUT2D eigenvalue weighted by atomic mass is 16.6. The molecule has 0 unspecified atom stereocenters. The second-order valence-electron chi connectivity index (χ2n) is 7.32. The van der Waals surface area contributed by atoms with Crippen LogP contribution in [-0.2, 0) is 9.47 Å². The lowest BCUT2D eigenvalue weighted by atomic mass is 10.0. The smallest absolute Gasteiger partial charge is 0.111 e. The molecule has 0 spiro atoms. The first-order valence-corrected chi connectivity index (χ1v) is 10.6. The van der Waals surface area contributed by atoms with E-state index in [0.717, 1.165) is 19.3 Å². The summed E-state index contributed by atoms with van der Waals surface area (Å²) in [5.41, 5.74) is 0. The van der Waals surface area contributed by atoms with E-state index in [9.17, 15) is 10.2 Å². The predicted octanol–water partition coefficient (Wildman–Crippen LogP) is 3.35. The molecule has 5 heteroatoms. The molecule has 3 N–H and O–H groups in total. The van der Waals surface area contributed by atoms with Gasteiger partial charge >= 0.3 is 0 Å². The molecule has 4 atom stereocenters. The van der Waals surface area contributed by atoms with Gasteiger partial charge < -0.3 is 24.8 Å². The summed E-state index contributed by atoms with van der Waals surface area (Å²) in [6.45, 7) is 2.73. The Kier molecular flexibility index (Phi) is 14.1. The van der Waals surface area contributed by atoms with Crippen LogP contribution in [-0.4, -0.2) is 59.6 Å². The molecule has 1 saturated heterocycles. The van der Waals surface area contributed by atoms with Gasteiger partial charge in [0.2, 0.25) is 0 Å². The summed E-state index contributed by atoms with van der Waals surface area (Å²) in [6.07, 6.45) is 14.9. The largest absolute Gasteiger partial charge is 0.394 e. The molecule has 0 radical (unpaired) electrons. The first-order chi connectivity index (χ1) is 12.7. The Morgan fingerprint density at radius 2 is 1.50 bits per heavy atom. The van der Waals surface area contributed by atoms with Gasteiger partial charge in [0.05, 0.1) is 13.2 Å². The molecule has 0 saturated carbocycles. The number of allylic oxidation sites excluding steroid dienone is 2. The van der Waals surface area contributed by atoms with Gasteiger partial charge in [-0.05, 0) is 32.1 Å². The summed E-state index contributed by atoms with van der Waals surface area (Å²) in [4.78, 5) is 0. The van der Waals surface area contributed by atoms with E-state index in [4.69, 9.17) is 14.6 Å². The van der Waals surface area contributed by atoms with Crippen molar-refractivity contribution in [2.24, 2.45) is 0 Å². The fraction of sp³-hybridized carbons (Fsp3) is 0.905. The molecule has 0 amide bonds. The normalized spacial score (nSPS) is 26.6. The second kappa shape index (κ2) is 15.6. The van der Waals surface area contributed by atoms with E-state index < -0.39 is 24.4 Å². The van der Waals surface area contributed by atoms with E-state index in [1.54, 1.807) is 0 Å². The van der Waals surface area contributed by atoms with Gasteiger partial charge in [0.25, 0.3) is 0 Å². The standard InChI is InChI=1S/C21H40O5/c1-2-3-4-5-6-7-8-9-10-11-12-13-14-15-25-19-17-26-18(16-22)20(23)21(19)24/h8-9,18-24H,2-7,10-17H2,1H3/b9-8+/t18-,19+,20-,21-/m1/s1. The quantitative estimate of drug-likeness (QED) is 0.303. The van der Waals surface area contributed by atoms with Crippen molar-refractivity contribution < 1.29 is 24.8 Å². The highest BCUT2D eigenvalue weighted by Crippen LogP contribution is 2.18. The van der Waals surface area contributed by atoms with Crippen molar-refractivity contribution in [3.63, 3.8) is 0 Å². The second-order valence-corrected chi connectivity index (χ2v) is 7.32. The zero-order valence-electron chi connectivity index (χ0n) is 16.5. The molecule has 1 fully saturated rings. The predicted molar refractivity (Wildman–Crippen MR) is 104 cm³/mol.